The first kappa shape index (κ1) is 19.2. The van der Waals surface area contributed by atoms with Gasteiger partial charge in [-0.25, -0.2) is 0 Å². The molecule has 3 aromatic rings. The third kappa shape index (κ3) is 4.01. The molecule has 0 atom stereocenters. The second-order valence-corrected chi connectivity index (χ2v) is 8.17. The van der Waals surface area contributed by atoms with Gasteiger partial charge in [0.15, 0.2) is 0 Å². The number of benzene rings is 1. The Hall–Kier alpha value is -3.17. The zero-order valence-corrected chi connectivity index (χ0v) is 16.6. The summed E-state index contributed by atoms with van der Waals surface area (Å²) in [5, 5.41) is 4.83. The molecule has 0 unspecified atom stereocenters. The van der Waals surface area contributed by atoms with Gasteiger partial charge in [-0.3, -0.25) is 24.1 Å². The molecule has 4 rings (SSSR count). The number of pyridine rings is 1. The molecule has 3 heterocycles. The van der Waals surface area contributed by atoms with Crippen molar-refractivity contribution in [2.75, 3.05) is 13.1 Å². The van der Waals surface area contributed by atoms with Crippen LogP contribution in [-0.4, -0.2) is 40.0 Å². The van der Waals surface area contributed by atoms with Crippen molar-refractivity contribution in [3.05, 3.63) is 73.5 Å². The van der Waals surface area contributed by atoms with Crippen LogP contribution < -0.4 is 10.9 Å². The maximum atomic E-state index is 12.6. The number of fused-ring (bicyclic) bond motifs is 1. The van der Waals surface area contributed by atoms with Gasteiger partial charge in [-0.1, -0.05) is 24.3 Å². The molecule has 29 heavy (non-hydrogen) atoms. The highest BCUT2D eigenvalue weighted by Gasteiger charge is 2.34. The summed E-state index contributed by atoms with van der Waals surface area (Å²) in [5.74, 6) is -0.808. The summed E-state index contributed by atoms with van der Waals surface area (Å²) in [4.78, 5) is 54.0. The van der Waals surface area contributed by atoms with Crippen LogP contribution in [0.5, 0.6) is 0 Å². The van der Waals surface area contributed by atoms with E-state index >= 15 is 0 Å². The summed E-state index contributed by atoms with van der Waals surface area (Å²) in [6, 6.07) is 12.0. The molecule has 146 valence electrons. The van der Waals surface area contributed by atoms with Crippen molar-refractivity contribution in [1.29, 1.82) is 0 Å². The number of nitrogens with one attached hydrogen (secondary N) is 2. The number of aromatic nitrogens is 1. The molecular formula is C20H15N3O4S2. The van der Waals surface area contributed by atoms with Crippen LogP contribution in [-0.2, 0) is 4.79 Å². The number of carbonyl (C=O) groups excluding carboxylic acids is 3. The lowest BCUT2D eigenvalue weighted by atomic mass is 10.1. The molecule has 1 saturated heterocycles. The molecule has 1 fully saturated rings. The third-order valence-electron chi connectivity index (χ3n) is 4.31. The topological polar surface area (TPSA) is 99.3 Å². The maximum absolute atomic E-state index is 12.6. The molecule has 2 aromatic heterocycles. The lowest BCUT2D eigenvalue weighted by Crippen LogP contribution is -2.37. The molecule has 0 spiro atoms. The van der Waals surface area contributed by atoms with Gasteiger partial charge in [0.25, 0.3) is 17.1 Å². The Balaban J connectivity index is 1.43. The van der Waals surface area contributed by atoms with Crippen molar-refractivity contribution >= 4 is 57.1 Å². The summed E-state index contributed by atoms with van der Waals surface area (Å²) in [6.07, 6.45) is 1.69. The Labute approximate surface area is 173 Å². The van der Waals surface area contributed by atoms with Crippen LogP contribution in [0, 0.1) is 0 Å². The van der Waals surface area contributed by atoms with Gasteiger partial charge in [-0.15, -0.1) is 11.3 Å². The molecule has 1 aliphatic rings. The van der Waals surface area contributed by atoms with Crippen molar-refractivity contribution in [3.63, 3.8) is 0 Å². The summed E-state index contributed by atoms with van der Waals surface area (Å²) >= 11 is 2.36. The van der Waals surface area contributed by atoms with Crippen molar-refractivity contribution in [3.8, 4) is 0 Å². The average Bonchev–Trinajstić information content (AvgIpc) is 3.31. The first-order valence-electron chi connectivity index (χ1n) is 8.72. The number of carbonyl (C=O) groups is 3. The van der Waals surface area contributed by atoms with Gasteiger partial charge in [0.05, 0.1) is 10.5 Å². The number of amides is 3. The van der Waals surface area contributed by atoms with Crippen LogP contribution in [0.2, 0.25) is 0 Å². The SMILES string of the molecule is O=C(NCCN1C(=O)S/C(=C/c2cccs2)C1=O)c1cc(=O)[nH]c2ccccc12. The van der Waals surface area contributed by atoms with Crippen molar-refractivity contribution in [1.82, 2.24) is 15.2 Å². The zero-order chi connectivity index (χ0) is 20.4. The second kappa shape index (κ2) is 8.06. The Morgan fingerprint density at radius 2 is 1.97 bits per heavy atom. The fourth-order valence-corrected chi connectivity index (χ4v) is 4.55. The predicted octanol–water partition coefficient (Wildman–Crippen LogP) is 3.06. The number of hydrogen-bond acceptors (Lipinski definition) is 6. The van der Waals surface area contributed by atoms with E-state index < -0.39 is 5.91 Å². The highest BCUT2D eigenvalue weighted by molar-refractivity contribution is 8.18. The van der Waals surface area contributed by atoms with E-state index in [4.69, 9.17) is 0 Å². The number of thioether (sulfide) groups is 1. The molecule has 7 nitrogen and oxygen atoms in total. The minimum absolute atomic E-state index is 0.0549. The van der Waals surface area contributed by atoms with E-state index in [2.05, 4.69) is 10.3 Å². The quantitative estimate of drug-likeness (QED) is 0.612. The number of hydrogen-bond donors (Lipinski definition) is 2. The zero-order valence-electron chi connectivity index (χ0n) is 15.0. The number of H-pyrrole nitrogens is 1. The van der Waals surface area contributed by atoms with Gasteiger partial charge in [0.1, 0.15) is 0 Å². The average molecular weight is 425 g/mol. The largest absolute Gasteiger partial charge is 0.350 e. The van der Waals surface area contributed by atoms with E-state index in [1.807, 2.05) is 17.5 Å². The van der Waals surface area contributed by atoms with E-state index in [9.17, 15) is 19.2 Å². The van der Waals surface area contributed by atoms with Gasteiger partial charge in [0, 0.05) is 34.9 Å². The number of imide groups is 1. The van der Waals surface area contributed by atoms with Gasteiger partial charge in [0.2, 0.25) is 5.56 Å². The van der Waals surface area contributed by atoms with E-state index in [0.717, 1.165) is 21.5 Å². The minimum Gasteiger partial charge on any atom is -0.350 e. The third-order valence-corrected chi connectivity index (χ3v) is 6.03. The van der Waals surface area contributed by atoms with E-state index in [-0.39, 0.29) is 35.4 Å². The van der Waals surface area contributed by atoms with Crippen LogP contribution in [0.1, 0.15) is 15.2 Å². The number of para-hydroxylation sites is 1. The Morgan fingerprint density at radius 1 is 1.14 bits per heavy atom. The summed E-state index contributed by atoms with van der Waals surface area (Å²) in [6.45, 7) is 0.142. The molecule has 3 amide bonds. The normalized spacial score (nSPS) is 15.4. The van der Waals surface area contributed by atoms with Crippen LogP contribution in [0.25, 0.3) is 17.0 Å². The first-order valence-corrected chi connectivity index (χ1v) is 10.4. The Kier molecular flexibility index (Phi) is 5.32. The van der Waals surface area contributed by atoms with Crippen molar-refractivity contribution in [2.45, 2.75) is 0 Å². The molecule has 9 heteroatoms. The minimum atomic E-state index is -0.437. The van der Waals surface area contributed by atoms with Crippen LogP contribution in [0.4, 0.5) is 4.79 Å². The Morgan fingerprint density at radius 3 is 2.76 bits per heavy atom. The number of nitrogens with zero attached hydrogens (tertiary/aromatic N) is 1. The van der Waals surface area contributed by atoms with E-state index in [1.165, 1.54) is 17.4 Å². The van der Waals surface area contributed by atoms with Crippen LogP contribution in [0.3, 0.4) is 0 Å². The first-order chi connectivity index (χ1) is 14.0. The number of rotatable bonds is 5. The van der Waals surface area contributed by atoms with E-state index in [0.29, 0.717) is 15.8 Å². The molecule has 2 N–H and O–H groups in total. The Bertz CT molecular complexity index is 1200. The fraction of sp³-hybridized carbons (Fsp3) is 0.100. The predicted molar refractivity (Wildman–Crippen MR) is 114 cm³/mol. The molecule has 0 bridgehead atoms. The molecular weight excluding hydrogens is 410 g/mol. The van der Waals surface area contributed by atoms with Crippen molar-refractivity contribution < 1.29 is 14.4 Å². The standard InChI is InChI=1S/C20H15N3O4S2/c24-17-11-14(13-5-1-2-6-15(13)22-17)18(25)21-7-8-23-19(26)16(29-20(23)27)10-12-4-3-9-28-12/h1-6,9-11H,7-8H2,(H,21,25)(H,22,24)/b16-10+. The van der Waals surface area contributed by atoms with Crippen molar-refractivity contribution in [2.24, 2.45) is 0 Å². The van der Waals surface area contributed by atoms with Crippen LogP contribution >= 0.6 is 23.1 Å². The number of aromatic amines is 1. The monoisotopic (exact) mass is 425 g/mol. The number of thiophene rings is 1. The van der Waals surface area contributed by atoms with Gasteiger partial charge in [-0.2, -0.15) is 0 Å². The molecule has 0 saturated carbocycles. The molecule has 0 aliphatic carbocycles. The van der Waals surface area contributed by atoms with E-state index in [1.54, 1.807) is 30.3 Å². The van der Waals surface area contributed by atoms with Gasteiger partial charge >= 0.3 is 0 Å². The maximum Gasteiger partial charge on any atom is 0.293 e. The van der Waals surface area contributed by atoms with Gasteiger partial charge in [-0.05, 0) is 35.4 Å². The van der Waals surface area contributed by atoms with Crippen LogP contribution in [0.15, 0.2) is 57.5 Å². The molecule has 0 radical (unpaired) electrons. The van der Waals surface area contributed by atoms with Gasteiger partial charge < -0.3 is 10.3 Å². The lowest BCUT2D eigenvalue weighted by Gasteiger charge is -2.13. The summed E-state index contributed by atoms with van der Waals surface area (Å²) < 4.78 is 0. The molecule has 1 aromatic carbocycles. The summed E-state index contributed by atoms with van der Waals surface area (Å²) in [7, 11) is 0. The summed E-state index contributed by atoms with van der Waals surface area (Å²) in [5.41, 5.74) is 0.435. The lowest BCUT2D eigenvalue weighted by molar-refractivity contribution is -0.122. The highest BCUT2D eigenvalue weighted by Crippen LogP contribution is 2.32. The highest BCUT2D eigenvalue weighted by atomic mass is 32.2. The smallest absolute Gasteiger partial charge is 0.293 e. The fourth-order valence-electron chi connectivity index (χ4n) is 2.96. The second-order valence-electron chi connectivity index (χ2n) is 6.20. The molecule has 1 aliphatic heterocycles.